The van der Waals surface area contributed by atoms with E-state index >= 15 is 0 Å². The molecule has 3 aromatic rings. The Morgan fingerprint density at radius 2 is 1.52 bits per heavy atom. The molecule has 2 bridgehead atoms. The van der Waals surface area contributed by atoms with Crippen molar-refractivity contribution in [1.29, 1.82) is 0 Å². The summed E-state index contributed by atoms with van der Waals surface area (Å²) in [5.74, 6) is 0.597. The van der Waals surface area contributed by atoms with Crippen LogP contribution in [-0.4, -0.2) is 33.0 Å². The summed E-state index contributed by atoms with van der Waals surface area (Å²) in [7, 11) is 0. The zero-order chi connectivity index (χ0) is 22.2. The second-order valence-electron chi connectivity index (χ2n) is 10.1. The van der Waals surface area contributed by atoms with Gasteiger partial charge in [0.05, 0.1) is 6.04 Å². The molecule has 33 heavy (non-hydrogen) atoms. The van der Waals surface area contributed by atoms with Crippen LogP contribution < -0.4 is 5.56 Å². The Kier molecular flexibility index (Phi) is 5.65. The van der Waals surface area contributed by atoms with Gasteiger partial charge < -0.3 is 4.57 Å². The first-order valence-electron chi connectivity index (χ1n) is 12.5. The summed E-state index contributed by atoms with van der Waals surface area (Å²) in [6, 6.07) is 29.2. The Morgan fingerprint density at radius 1 is 0.818 bits per heavy atom. The van der Waals surface area contributed by atoms with Gasteiger partial charge in [0.25, 0.3) is 5.56 Å². The minimum atomic E-state index is 0.170. The van der Waals surface area contributed by atoms with Crippen LogP contribution in [0.2, 0.25) is 0 Å². The van der Waals surface area contributed by atoms with Crippen molar-refractivity contribution >= 4 is 0 Å². The number of fused-ring (bicyclic) bond motifs is 6. The SMILES string of the molecule is O=c1cccc2n1C[C@@H]1C[C@@H]3[C@@H](N(Cc4ccccc4)Cc4ccccc4)CCCN3[C@H]2C1. The van der Waals surface area contributed by atoms with Gasteiger partial charge in [-0.2, -0.15) is 0 Å². The van der Waals surface area contributed by atoms with Crippen molar-refractivity contribution in [3.8, 4) is 0 Å². The molecule has 0 saturated carbocycles. The van der Waals surface area contributed by atoms with Crippen LogP contribution in [0.25, 0.3) is 0 Å². The lowest BCUT2D eigenvalue weighted by atomic mass is 9.76. The second-order valence-corrected chi connectivity index (χ2v) is 10.1. The molecule has 3 aliphatic rings. The fourth-order valence-electron chi connectivity index (χ4n) is 6.70. The monoisotopic (exact) mass is 439 g/mol. The van der Waals surface area contributed by atoms with E-state index in [-0.39, 0.29) is 5.56 Å². The average molecular weight is 440 g/mol. The maximum Gasteiger partial charge on any atom is 0.250 e. The minimum absolute atomic E-state index is 0.170. The zero-order valence-electron chi connectivity index (χ0n) is 19.2. The molecule has 4 atom stereocenters. The molecule has 2 fully saturated rings. The highest BCUT2D eigenvalue weighted by molar-refractivity contribution is 5.20. The highest BCUT2D eigenvalue weighted by atomic mass is 16.1. The number of hydrogen-bond donors (Lipinski definition) is 0. The molecule has 4 heteroatoms. The van der Waals surface area contributed by atoms with Gasteiger partial charge in [-0.15, -0.1) is 0 Å². The Labute approximate surface area is 196 Å². The van der Waals surface area contributed by atoms with Gasteiger partial charge in [-0.05, 0) is 55.3 Å². The van der Waals surface area contributed by atoms with Gasteiger partial charge in [0.2, 0.25) is 0 Å². The number of hydrogen-bond acceptors (Lipinski definition) is 3. The van der Waals surface area contributed by atoms with Gasteiger partial charge in [0, 0.05) is 43.5 Å². The second kappa shape index (κ2) is 8.92. The lowest BCUT2D eigenvalue weighted by molar-refractivity contribution is -0.0522. The summed E-state index contributed by atoms with van der Waals surface area (Å²) in [5.41, 5.74) is 4.18. The van der Waals surface area contributed by atoms with Crippen LogP contribution in [0, 0.1) is 5.92 Å². The predicted octanol–water partition coefficient (Wildman–Crippen LogP) is 4.85. The number of nitrogens with zero attached hydrogens (tertiary/aromatic N) is 3. The van der Waals surface area contributed by atoms with Crippen LogP contribution in [0.5, 0.6) is 0 Å². The van der Waals surface area contributed by atoms with E-state index in [0.29, 0.717) is 24.0 Å². The van der Waals surface area contributed by atoms with E-state index in [4.69, 9.17) is 0 Å². The fourth-order valence-corrected chi connectivity index (χ4v) is 6.70. The molecule has 170 valence electrons. The lowest BCUT2D eigenvalue weighted by Crippen LogP contribution is -2.60. The quantitative estimate of drug-likeness (QED) is 0.569. The third kappa shape index (κ3) is 4.07. The summed E-state index contributed by atoms with van der Waals surface area (Å²) >= 11 is 0. The Morgan fingerprint density at radius 3 is 2.21 bits per heavy atom. The zero-order valence-corrected chi connectivity index (χ0v) is 19.2. The average Bonchev–Trinajstić information content (AvgIpc) is 2.85. The molecule has 0 amide bonds. The minimum Gasteiger partial charge on any atom is -0.311 e. The van der Waals surface area contributed by atoms with Gasteiger partial charge in [0.1, 0.15) is 0 Å². The van der Waals surface area contributed by atoms with Gasteiger partial charge in [-0.3, -0.25) is 14.6 Å². The summed E-state index contributed by atoms with van der Waals surface area (Å²) in [6.45, 7) is 4.00. The Balaban J connectivity index is 1.33. The smallest absolute Gasteiger partial charge is 0.250 e. The number of aromatic nitrogens is 1. The molecule has 2 saturated heterocycles. The first kappa shape index (κ1) is 20.9. The van der Waals surface area contributed by atoms with Gasteiger partial charge >= 0.3 is 0 Å². The van der Waals surface area contributed by atoms with E-state index in [1.165, 1.54) is 42.5 Å². The van der Waals surface area contributed by atoms with Crippen molar-refractivity contribution in [3.63, 3.8) is 0 Å². The van der Waals surface area contributed by atoms with E-state index in [2.05, 4.69) is 81.1 Å². The van der Waals surface area contributed by atoms with E-state index < -0.39 is 0 Å². The molecule has 0 spiro atoms. The summed E-state index contributed by atoms with van der Waals surface area (Å²) in [5, 5.41) is 0. The van der Waals surface area contributed by atoms with Crippen molar-refractivity contribution in [2.45, 2.75) is 63.4 Å². The molecule has 4 nitrogen and oxygen atoms in total. The number of piperidine rings is 2. The molecule has 2 aromatic carbocycles. The molecule has 4 heterocycles. The van der Waals surface area contributed by atoms with Crippen LogP contribution in [0.3, 0.4) is 0 Å². The lowest BCUT2D eigenvalue weighted by Gasteiger charge is -2.55. The molecule has 3 aliphatic heterocycles. The molecule has 0 unspecified atom stereocenters. The normalized spacial score (nSPS) is 26.6. The molecular formula is C29H33N3O. The van der Waals surface area contributed by atoms with Crippen LogP contribution >= 0.6 is 0 Å². The topological polar surface area (TPSA) is 28.5 Å². The van der Waals surface area contributed by atoms with Gasteiger partial charge in [-0.25, -0.2) is 0 Å². The highest BCUT2D eigenvalue weighted by Crippen LogP contribution is 2.45. The van der Waals surface area contributed by atoms with Gasteiger partial charge in [-0.1, -0.05) is 66.7 Å². The van der Waals surface area contributed by atoms with Crippen LogP contribution in [-0.2, 0) is 19.6 Å². The third-order valence-electron chi connectivity index (χ3n) is 8.11. The van der Waals surface area contributed by atoms with Crippen molar-refractivity contribution in [2.24, 2.45) is 5.92 Å². The maximum atomic E-state index is 12.6. The maximum absolute atomic E-state index is 12.6. The van der Waals surface area contributed by atoms with Crippen molar-refractivity contribution in [1.82, 2.24) is 14.4 Å². The Bertz CT molecular complexity index is 1100. The summed E-state index contributed by atoms with van der Waals surface area (Å²) in [4.78, 5) is 18.1. The molecule has 0 aliphatic carbocycles. The largest absolute Gasteiger partial charge is 0.311 e. The summed E-state index contributed by atoms with van der Waals surface area (Å²) in [6.07, 6.45) is 4.87. The first-order chi connectivity index (χ1) is 16.3. The van der Waals surface area contributed by atoms with Crippen LogP contribution in [0.4, 0.5) is 0 Å². The van der Waals surface area contributed by atoms with Crippen LogP contribution in [0.15, 0.2) is 83.7 Å². The molecular weight excluding hydrogens is 406 g/mol. The molecule has 6 rings (SSSR count). The molecule has 0 N–H and O–H groups in total. The van der Waals surface area contributed by atoms with E-state index in [0.717, 1.165) is 26.2 Å². The fraction of sp³-hybridized carbons (Fsp3) is 0.414. The number of benzene rings is 2. The highest BCUT2D eigenvalue weighted by Gasteiger charge is 2.46. The van der Waals surface area contributed by atoms with Crippen LogP contribution in [0.1, 0.15) is 48.5 Å². The summed E-state index contributed by atoms with van der Waals surface area (Å²) < 4.78 is 2.06. The van der Waals surface area contributed by atoms with Gasteiger partial charge in [0.15, 0.2) is 0 Å². The standard InChI is InChI=1S/C29H33N3O/c33-29-15-7-13-26-28-18-24(21-32(26)29)17-27-25(14-8-16-31(27)28)30(19-22-9-3-1-4-10-22)20-23-11-5-2-6-12-23/h1-7,9-13,15,24-25,27-28H,8,14,16-21H2/t24-,25+,27-,28+/m1/s1. The van der Waals surface area contributed by atoms with Crippen molar-refractivity contribution in [2.75, 3.05) is 6.54 Å². The predicted molar refractivity (Wildman–Crippen MR) is 132 cm³/mol. The van der Waals surface area contributed by atoms with E-state index in [1.54, 1.807) is 6.07 Å². The number of rotatable bonds is 5. The Hall–Kier alpha value is -2.69. The van der Waals surface area contributed by atoms with E-state index in [1.807, 2.05) is 6.07 Å². The molecule has 1 aromatic heterocycles. The first-order valence-corrected chi connectivity index (χ1v) is 12.5. The number of pyridine rings is 1. The van der Waals surface area contributed by atoms with E-state index in [9.17, 15) is 4.79 Å². The molecule has 0 radical (unpaired) electrons. The van der Waals surface area contributed by atoms with Crippen molar-refractivity contribution in [3.05, 3.63) is 106 Å². The van der Waals surface area contributed by atoms with Crippen molar-refractivity contribution < 1.29 is 0 Å². The third-order valence-corrected chi connectivity index (χ3v) is 8.11.